The third-order valence-electron chi connectivity index (χ3n) is 2.01. The van der Waals surface area contributed by atoms with Crippen LogP contribution in [-0.2, 0) is 4.79 Å². The van der Waals surface area contributed by atoms with E-state index in [0.717, 1.165) is 11.6 Å². The molecule has 80 valence electrons. The summed E-state index contributed by atoms with van der Waals surface area (Å²) < 4.78 is 0. The Hall–Kier alpha value is -0.710. The number of hydrogen-bond donors (Lipinski definition) is 2. The van der Waals surface area contributed by atoms with E-state index in [-0.39, 0.29) is 12.5 Å². The van der Waals surface area contributed by atoms with Crippen molar-refractivity contribution in [1.29, 1.82) is 0 Å². The van der Waals surface area contributed by atoms with E-state index in [1.165, 1.54) is 0 Å². The highest BCUT2D eigenvalue weighted by Gasteiger charge is 2.19. The molecule has 14 heavy (non-hydrogen) atoms. The van der Waals surface area contributed by atoms with Gasteiger partial charge in [-0.1, -0.05) is 18.7 Å². The average molecular weight is 215 g/mol. The predicted molar refractivity (Wildman–Crippen MR) is 60.6 cm³/mol. The van der Waals surface area contributed by atoms with Crippen LogP contribution in [-0.4, -0.2) is 36.0 Å². The van der Waals surface area contributed by atoms with E-state index in [4.69, 9.17) is 0 Å². The summed E-state index contributed by atoms with van der Waals surface area (Å²) in [4.78, 5) is 15.2. The number of rotatable bonds is 2. The van der Waals surface area contributed by atoms with Crippen molar-refractivity contribution in [3.8, 4) is 0 Å². The second-order valence-electron chi connectivity index (χ2n) is 3.50. The highest BCUT2D eigenvalue weighted by atomic mass is 32.2. The Bertz CT molecular complexity index is 230. The molecule has 0 radical (unpaired) electrons. The number of thioether (sulfide) groups is 1. The number of carbonyl (C=O) groups excluding carboxylic acids is 1. The van der Waals surface area contributed by atoms with Crippen LogP contribution in [0.3, 0.4) is 0 Å². The Kier molecular flexibility index (Phi) is 4.25. The molecule has 0 aliphatic carbocycles. The molecule has 1 heterocycles. The zero-order chi connectivity index (χ0) is 10.6. The fourth-order valence-electron chi connectivity index (χ4n) is 1.35. The SMILES string of the molecule is CNC(=O)CN=C1NC(C)CC(C)S1. The van der Waals surface area contributed by atoms with Gasteiger partial charge in [0.15, 0.2) is 5.17 Å². The van der Waals surface area contributed by atoms with E-state index in [1.807, 2.05) is 0 Å². The lowest BCUT2D eigenvalue weighted by molar-refractivity contribution is -0.119. The molecule has 1 aliphatic heterocycles. The Balaban J connectivity index is 2.46. The number of aliphatic imine (C=N–C) groups is 1. The van der Waals surface area contributed by atoms with E-state index >= 15 is 0 Å². The highest BCUT2D eigenvalue weighted by molar-refractivity contribution is 8.14. The van der Waals surface area contributed by atoms with Crippen molar-refractivity contribution < 1.29 is 4.79 Å². The zero-order valence-corrected chi connectivity index (χ0v) is 9.65. The lowest BCUT2D eigenvalue weighted by Crippen LogP contribution is -2.39. The normalized spacial score (nSPS) is 29.8. The van der Waals surface area contributed by atoms with Crippen LogP contribution >= 0.6 is 11.8 Å². The first-order valence-corrected chi connectivity index (χ1v) is 5.68. The van der Waals surface area contributed by atoms with Gasteiger partial charge in [-0.2, -0.15) is 0 Å². The van der Waals surface area contributed by atoms with Gasteiger partial charge in [0.2, 0.25) is 5.91 Å². The van der Waals surface area contributed by atoms with Crippen LogP contribution in [0.15, 0.2) is 4.99 Å². The van der Waals surface area contributed by atoms with Crippen LogP contribution in [0.2, 0.25) is 0 Å². The van der Waals surface area contributed by atoms with Gasteiger partial charge in [0, 0.05) is 18.3 Å². The second kappa shape index (κ2) is 5.24. The minimum Gasteiger partial charge on any atom is -0.362 e. The summed E-state index contributed by atoms with van der Waals surface area (Å²) in [5, 5.41) is 7.27. The lowest BCUT2D eigenvalue weighted by atomic mass is 10.2. The van der Waals surface area contributed by atoms with Gasteiger partial charge >= 0.3 is 0 Å². The minimum absolute atomic E-state index is 0.0502. The molecule has 2 atom stereocenters. The van der Waals surface area contributed by atoms with Crippen LogP contribution in [0.25, 0.3) is 0 Å². The van der Waals surface area contributed by atoms with Crippen LogP contribution in [0, 0.1) is 0 Å². The van der Waals surface area contributed by atoms with E-state index in [2.05, 4.69) is 29.5 Å². The van der Waals surface area contributed by atoms with E-state index in [0.29, 0.717) is 11.3 Å². The van der Waals surface area contributed by atoms with Gasteiger partial charge in [-0.3, -0.25) is 9.79 Å². The maximum Gasteiger partial charge on any atom is 0.241 e. The smallest absolute Gasteiger partial charge is 0.241 e. The molecule has 0 aromatic heterocycles. The van der Waals surface area contributed by atoms with E-state index in [9.17, 15) is 4.79 Å². The number of likely N-dealkylation sites (N-methyl/N-ethyl adjacent to an activating group) is 1. The van der Waals surface area contributed by atoms with Crippen LogP contribution in [0.5, 0.6) is 0 Å². The number of amidine groups is 1. The molecule has 0 aromatic rings. The van der Waals surface area contributed by atoms with Crippen LogP contribution < -0.4 is 10.6 Å². The molecule has 2 unspecified atom stereocenters. The summed E-state index contributed by atoms with van der Waals surface area (Å²) in [7, 11) is 1.62. The molecule has 0 bridgehead atoms. The molecular formula is C9H17N3OS. The Morgan fingerprint density at radius 2 is 2.43 bits per heavy atom. The third-order valence-corrected chi connectivity index (χ3v) is 3.08. The largest absolute Gasteiger partial charge is 0.362 e. The molecule has 1 fully saturated rings. The topological polar surface area (TPSA) is 53.5 Å². The van der Waals surface area contributed by atoms with E-state index in [1.54, 1.807) is 18.8 Å². The van der Waals surface area contributed by atoms with Crippen molar-refractivity contribution in [3.05, 3.63) is 0 Å². The summed E-state index contributed by atoms with van der Waals surface area (Å²) in [6.07, 6.45) is 1.14. The average Bonchev–Trinajstić information content (AvgIpc) is 2.12. The number of carbonyl (C=O) groups is 1. The standard InChI is InChI=1S/C9H17N3OS/c1-6-4-7(2)14-9(12-6)11-5-8(13)10-3/h6-7H,4-5H2,1-3H3,(H,10,13)(H,11,12). The van der Waals surface area contributed by atoms with Gasteiger partial charge < -0.3 is 10.6 Å². The van der Waals surface area contributed by atoms with Crippen molar-refractivity contribution in [3.63, 3.8) is 0 Å². The molecule has 0 spiro atoms. The maximum atomic E-state index is 11.0. The highest BCUT2D eigenvalue weighted by Crippen LogP contribution is 2.21. The molecular weight excluding hydrogens is 198 g/mol. The Morgan fingerprint density at radius 1 is 1.71 bits per heavy atom. The number of amides is 1. The molecule has 1 rings (SSSR count). The molecule has 0 saturated carbocycles. The third kappa shape index (κ3) is 3.57. The molecule has 4 nitrogen and oxygen atoms in total. The quantitative estimate of drug-likeness (QED) is 0.709. The molecule has 1 saturated heterocycles. The summed E-state index contributed by atoms with van der Waals surface area (Å²) in [6, 6.07) is 0.453. The van der Waals surface area contributed by atoms with Gasteiger partial charge in [0.1, 0.15) is 6.54 Å². The minimum atomic E-state index is -0.0502. The first-order chi connectivity index (χ1) is 6.61. The first kappa shape index (κ1) is 11.4. The summed E-state index contributed by atoms with van der Waals surface area (Å²) in [5.41, 5.74) is 0. The summed E-state index contributed by atoms with van der Waals surface area (Å²) >= 11 is 1.70. The van der Waals surface area contributed by atoms with Crippen molar-refractivity contribution in [2.45, 2.75) is 31.6 Å². The van der Waals surface area contributed by atoms with Crippen molar-refractivity contribution >= 4 is 22.8 Å². The lowest BCUT2D eigenvalue weighted by Gasteiger charge is -2.26. The van der Waals surface area contributed by atoms with Crippen LogP contribution in [0.4, 0.5) is 0 Å². The fraction of sp³-hybridized carbons (Fsp3) is 0.778. The maximum absolute atomic E-state index is 11.0. The van der Waals surface area contributed by atoms with E-state index < -0.39 is 0 Å². The zero-order valence-electron chi connectivity index (χ0n) is 8.83. The first-order valence-electron chi connectivity index (χ1n) is 4.80. The summed E-state index contributed by atoms with van der Waals surface area (Å²) in [5.74, 6) is -0.0502. The summed E-state index contributed by atoms with van der Waals surface area (Å²) in [6.45, 7) is 4.52. The molecule has 0 aromatic carbocycles. The van der Waals surface area contributed by atoms with Gasteiger partial charge in [0.05, 0.1) is 0 Å². The van der Waals surface area contributed by atoms with Crippen molar-refractivity contribution in [2.75, 3.05) is 13.6 Å². The molecule has 1 amide bonds. The van der Waals surface area contributed by atoms with Gasteiger partial charge in [-0.15, -0.1) is 0 Å². The number of hydrogen-bond acceptors (Lipinski definition) is 3. The van der Waals surface area contributed by atoms with Gasteiger partial charge in [-0.05, 0) is 13.3 Å². The van der Waals surface area contributed by atoms with Crippen molar-refractivity contribution in [2.24, 2.45) is 4.99 Å². The van der Waals surface area contributed by atoms with Crippen LogP contribution in [0.1, 0.15) is 20.3 Å². The fourth-order valence-corrected chi connectivity index (χ4v) is 2.52. The molecule has 2 N–H and O–H groups in total. The monoisotopic (exact) mass is 215 g/mol. The van der Waals surface area contributed by atoms with Gasteiger partial charge in [-0.25, -0.2) is 0 Å². The second-order valence-corrected chi connectivity index (χ2v) is 4.93. The van der Waals surface area contributed by atoms with Crippen molar-refractivity contribution in [1.82, 2.24) is 10.6 Å². The predicted octanol–water partition coefficient (Wildman–Crippen LogP) is 0.592. The Morgan fingerprint density at radius 3 is 3.00 bits per heavy atom. The Labute approximate surface area is 88.9 Å². The molecule has 1 aliphatic rings. The number of nitrogens with zero attached hydrogens (tertiary/aromatic N) is 1. The number of nitrogens with one attached hydrogen (secondary N) is 2. The van der Waals surface area contributed by atoms with Gasteiger partial charge in [0.25, 0.3) is 0 Å². The molecule has 5 heteroatoms.